The van der Waals surface area contributed by atoms with Crippen LogP contribution in [-0.4, -0.2) is 29.2 Å². The highest BCUT2D eigenvalue weighted by Gasteiger charge is 2.32. The Hall–Kier alpha value is -2.48. The zero-order valence-corrected chi connectivity index (χ0v) is 14.3. The van der Waals surface area contributed by atoms with Gasteiger partial charge in [-0.05, 0) is 30.7 Å². The zero-order chi connectivity index (χ0) is 18.1. The van der Waals surface area contributed by atoms with Crippen LogP contribution in [0.4, 0.5) is 14.5 Å². The minimum absolute atomic E-state index is 0.0300. The molecule has 0 saturated carbocycles. The topological polar surface area (TPSA) is 59.5 Å². The predicted octanol–water partition coefficient (Wildman–Crippen LogP) is 3.17. The van der Waals surface area contributed by atoms with E-state index in [0.717, 1.165) is 6.07 Å². The van der Waals surface area contributed by atoms with Crippen molar-refractivity contribution in [3.05, 3.63) is 53.2 Å². The summed E-state index contributed by atoms with van der Waals surface area (Å²) in [6, 6.07) is 4.60. The van der Waals surface area contributed by atoms with Crippen LogP contribution < -0.4 is 4.90 Å². The maximum Gasteiger partial charge on any atom is 0.339 e. The first-order valence-corrected chi connectivity index (χ1v) is 8.28. The van der Waals surface area contributed by atoms with Gasteiger partial charge in [0.15, 0.2) is 0 Å². The quantitative estimate of drug-likeness (QED) is 0.783. The smallest absolute Gasteiger partial charge is 0.339 e. The summed E-state index contributed by atoms with van der Waals surface area (Å²) in [6.07, 6.45) is 1.38. The van der Waals surface area contributed by atoms with E-state index >= 15 is 0 Å². The van der Waals surface area contributed by atoms with Crippen molar-refractivity contribution in [2.45, 2.75) is 23.7 Å². The molecule has 3 rings (SSSR count). The SMILES string of the molecule is COC(=O)c1cnc2c(c1)N(Cc1cc(F)cc(F)c1)C(=O)[C@H](C)S2. The van der Waals surface area contributed by atoms with Crippen LogP contribution in [0, 0.1) is 11.6 Å². The lowest BCUT2D eigenvalue weighted by Gasteiger charge is -2.32. The second kappa shape index (κ2) is 6.79. The Morgan fingerprint density at radius 1 is 1.28 bits per heavy atom. The average molecular weight is 364 g/mol. The second-order valence-corrected chi connectivity index (χ2v) is 6.83. The van der Waals surface area contributed by atoms with E-state index in [1.54, 1.807) is 6.92 Å². The molecule has 0 radical (unpaired) electrons. The van der Waals surface area contributed by atoms with Gasteiger partial charge in [0.05, 0.1) is 30.2 Å². The van der Waals surface area contributed by atoms with Gasteiger partial charge >= 0.3 is 5.97 Å². The predicted molar refractivity (Wildman–Crippen MR) is 88.4 cm³/mol. The fourth-order valence-electron chi connectivity index (χ4n) is 2.56. The molecule has 0 bridgehead atoms. The number of rotatable bonds is 3. The molecule has 1 aliphatic rings. The van der Waals surface area contributed by atoms with E-state index < -0.39 is 22.9 Å². The van der Waals surface area contributed by atoms with Crippen LogP contribution in [0.15, 0.2) is 35.5 Å². The Labute approximate surface area is 147 Å². The molecule has 2 heterocycles. The summed E-state index contributed by atoms with van der Waals surface area (Å²) in [4.78, 5) is 29.9. The Kier molecular flexibility index (Phi) is 4.71. The van der Waals surface area contributed by atoms with Gasteiger partial charge in [0, 0.05) is 12.3 Å². The van der Waals surface area contributed by atoms with Gasteiger partial charge in [-0.3, -0.25) is 4.79 Å². The molecular formula is C17H14F2N2O3S. The minimum Gasteiger partial charge on any atom is -0.465 e. The van der Waals surface area contributed by atoms with Gasteiger partial charge in [-0.15, -0.1) is 0 Å². The molecule has 0 spiro atoms. The fraction of sp³-hybridized carbons (Fsp3) is 0.235. The number of benzene rings is 1. The minimum atomic E-state index is -0.719. The number of hydrogen-bond acceptors (Lipinski definition) is 5. The molecule has 0 aliphatic carbocycles. The number of nitrogens with zero attached hydrogens (tertiary/aromatic N) is 2. The van der Waals surface area contributed by atoms with Crippen LogP contribution in [0.1, 0.15) is 22.8 Å². The number of aromatic nitrogens is 1. The first-order chi connectivity index (χ1) is 11.9. The number of pyridine rings is 1. The van der Waals surface area contributed by atoms with Gasteiger partial charge in [0.25, 0.3) is 0 Å². The van der Waals surface area contributed by atoms with E-state index in [1.807, 2.05) is 0 Å². The summed E-state index contributed by atoms with van der Waals surface area (Å²) < 4.78 is 31.6. The molecule has 1 atom stereocenters. The molecule has 130 valence electrons. The molecule has 5 nitrogen and oxygen atoms in total. The molecule has 1 aromatic heterocycles. The highest BCUT2D eigenvalue weighted by atomic mass is 32.2. The van der Waals surface area contributed by atoms with Crippen molar-refractivity contribution in [1.82, 2.24) is 4.98 Å². The molecule has 1 aromatic carbocycles. The highest BCUT2D eigenvalue weighted by molar-refractivity contribution is 8.00. The van der Waals surface area contributed by atoms with E-state index in [2.05, 4.69) is 9.72 Å². The molecule has 8 heteroatoms. The van der Waals surface area contributed by atoms with Gasteiger partial charge in [-0.2, -0.15) is 0 Å². The van der Waals surface area contributed by atoms with Crippen molar-refractivity contribution in [3.8, 4) is 0 Å². The number of anilines is 1. The zero-order valence-electron chi connectivity index (χ0n) is 13.5. The van der Waals surface area contributed by atoms with E-state index in [-0.39, 0.29) is 18.0 Å². The number of ether oxygens (including phenoxy) is 1. The first kappa shape index (κ1) is 17.3. The molecule has 0 unspecified atom stereocenters. The molecule has 0 fully saturated rings. The Balaban J connectivity index is 2.03. The number of halogens is 2. The Morgan fingerprint density at radius 3 is 2.60 bits per heavy atom. The number of methoxy groups -OCH3 is 1. The van der Waals surface area contributed by atoms with Crippen molar-refractivity contribution in [2.24, 2.45) is 0 Å². The van der Waals surface area contributed by atoms with Gasteiger partial charge in [-0.1, -0.05) is 11.8 Å². The van der Waals surface area contributed by atoms with Crippen molar-refractivity contribution < 1.29 is 23.1 Å². The van der Waals surface area contributed by atoms with E-state index in [4.69, 9.17) is 0 Å². The second-order valence-electron chi connectivity index (χ2n) is 5.50. The summed E-state index contributed by atoms with van der Waals surface area (Å²) >= 11 is 1.27. The third-order valence-electron chi connectivity index (χ3n) is 3.71. The molecule has 1 amide bonds. The van der Waals surface area contributed by atoms with E-state index in [1.165, 1.54) is 48.2 Å². The molecule has 0 saturated heterocycles. The molecule has 0 N–H and O–H groups in total. The van der Waals surface area contributed by atoms with E-state index in [0.29, 0.717) is 16.3 Å². The maximum atomic E-state index is 13.4. The van der Waals surface area contributed by atoms with Crippen molar-refractivity contribution in [1.29, 1.82) is 0 Å². The maximum absolute atomic E-state index is 13.4. The van der Waals surface area contributed by atoms with Gasteiger partial charge in [0.1, 0.15) is 16.7 Å². The number of carbonyl (C=O) groups is 2. The van der Waals surface area contributed by atoms with Crippen LogP contribution in [0.2, 0.25) is 0 Å². The Bertz CT molecular complexity index is 840. The number of carbonyl (C=O) groups excluding carboxylic acids is 2. The molecule has 25 heavy (non-hydrogen) atoms. The normalized spacial score (nSPS) is 16.6. The summed E-state index contributed by atoms with van der Waals surface area (Å²) in [7, 11) is 1.25. The van der Waals surface area contributed by atoms with Gasteiger partial charge in [0.2, 0.25) is 5.91 Å². The van der Waals surface area contributed by atoms with Crippen molar-refractivity contribution in [2.75, 3.05) is 12.0 Å². The number of esters is 1. The molecule has 1 aliphatic heterocycles. The van der Waals surface area contributed by atoms with Crippen LogP contribution >= 0.6 is 11.8 Å². The summed E-state index contributed by atoms with van der Waals surface area (Å²) in [5.74, 6) is -2.25. The van der Waals surface area contributed by atoms with Crippen LogP contribution in [-0.2, 0) is 16.1 Å². The van der Waals surface area contributed by atoms with E-state index in [9.17, 15) is 18.4 Å². The average Bonchev–Trinajstić information content (AvgIpc) is 2.57. The Morgan fingerprint density at radius 2 is 1.96 bits per heavy atom. The summed E-state index contributed by atoms with van der Waals surface area (Å²) in [6.45, 7) is 1.70. The number of hydrogen-bond donors (Lipinski definition) is 0. The van der Waals surface area contributed by atoms with Crippen molar-refractivity contribution >= 4 is 29.3 Å². The molecular weight excluding hydrogens is 350 g/mol. The number of thioether (sulfide) groups is 1. The monoisotopic (exact) mass is 364 g/mol. The first-order valence-electron chi connectivity index (χ1n) is 7.40. The van der Waals surface area contributed by atoms with Crippen molar-refractivity contribution in [3.63, 3.8) is 0 Å². The lowest BCUT2D eigenvalue weighted by molar-refractivity contribution is -0.118. The van der Waals surface area contributed by atoms with Crippen LogP contribution in [0.3, 0.4) is 0 Å². The summed E-state index contributed by atoms with van der Waals surface area (Å²) in [5.41, 5.74) is 0.916. The highest BCUT2D eigenvalue weighted by Crippen LogP contribution is 2.38. The number of amides is 1. The van der Waals surface area contributed by atoms with Gasteiger partial charge in [-0.25, -0.2) is 18.6 Å². The standard InChI is InChI=1S/C17H14F2N2O3S/c1-9-16(22)21(8-10-3-12(18)6-13(19)4-10)14-5-11(17(23)24-2)7-20-15(14)25-9/h3-7,9H,8H2,1-2H3/t9-/m0/s1. The third kappa shape index (κ3) is 3.48. The summed E-state index contributed by atoms with van der Waals surface area (Å²) in [5, 5.41) is 0.166. The molecule has 2 aromatic rings. The van der Waals surface area contributed by atoms with Crippen LogP contribution in [0.25, 0.3) is 0 Å². The third-order valence-corrected chi connectivity index (χ3v) is 4.80. The largest absolute Gasteiger partial charge is 0.465 e. The van der Waals surface area contributed by atoms with Gasteiger partial charge < -0.3 is 9.64 Å². The number of fused-ring (bicyclic) bond motifs is 1. The fourth-order valence-corrected chi connectivity index (χ4v) is 3.52. The van der Waals surface area contributed by atoms with Crippen LogP contribution in [0.5, 0.6) is 0 Å². The lowest BCUT2D eigenvalue weighted by Crippen LogP contribution is -2.39. The lowest BCUT2D eigenvalue weighted by atomic mass is 10.1.